The maximum atomic E-state index is 14.4. The molecule has 1 unspecified atom stereocenters. The highest BCUT2D eigenvalue weighted by Gasteiger charge is 2.34. The molecule has 3 aromatic carbocycles. The smallest absolute Gasteiger partial charge is 0.272 e. The fourth-order valence-electron chi connectivity index (χ4n) is 3.66. The number of ketones is 1. The van der Waals surface area contributed by atoms with Gasteiger partial charge in [-0.15, -0.1) is 0 Å². The summed E-state index contributed by atoms with van der Waals surface area (Å²) in [6.07, 6.45) is 0. The molecule has 0 bridgehead atoms. The molecular formula is C26H27ClN4O8S. The molecule has 0 aromatic heterocycles. The number of hydrogen-bond acceptors (Lipinski definition) is 10. The van der Waals surface area contributed by atoms with Crippen molar-refractivity contribution in [3.05, 3.63) is 59.6 Å². The van der Waals surface area contributed by atoms with Crippen molar-refractivity contribution in [2.45, 2.75) is 17.9 Å². The number of carbonyl (C=O) groups is 2. The normalized spacial score (nSPS) is 12.1. The van der Waals surface area contributed by atoms with E-state index in [1.807, 2.05) is 0 Å². The third-order valence-electron chi connectivity index (χ3n) is 5.58. The minimum atomic E-state index is -4.48. The van der Waals surface area contributed by atoms with Crippen molar-refractivity contribution in [2.75, 3.05) is 32.7 Å². The first kappa shape index (κ1) is 30.2. The summed E-state index contributed by atoms with van der Waals surface area (Å²) in [6, 6.07) is 12.0. The molecule has 0 fully saturated rings. The van der Waals surface area contributed by atoms with Gasteiger partial charge in [0.25, 0.3) is 15.9 Å². The number of Topliss-reactive ketones (excluding diaryl/α,β-unsaturated/α-hetero) is 1. The average Bonchev–Trinajstić information content (AvgIpc) is 2.93. The fourth-order valence-corrected chi connectivity index (χ4v) is 5.54. The van der Waals surface area contributed by atoms with Crippen LogP contribution >= 0.6 is 11.6 Å². The summed E-state index contributed by atoms with van der Waals surface area (Å²) in [5, 5.41) is 7.83. The van der Waals surface area contributed by atoms with Crippen LogP contribution in [0.25, 0.3) is 0 Å². The molecule has 40 heavy (non-hydrogen) atoms. The molecule has 3 rings (SSSR count). The summed E-state index contributed by atoms with van der Waals surface area (Å²) < 4.78 is 51.4. The molecule has 0 spiro atoms. The molecule has 212 valence electrons. The quantitative estimate of drug-likeness (QED) is 0.239. The van der Waals surface area contributed by atoms with E-state index in [1.165, 1.54) is 52.7 Å². The Morgan fingerprint density at radius 1 is 0.875 bits per heavy atom. The maximum Gasteiger partial charge on any atom is 0.272 e. The number of benzene rings is 3. The lowest BCUT2D eigenvalue weighted by Crippen LogP contribution is -2.32. The van der Waals surface area contributed by atoms with E-state index in [1.54, 1.807) is 30.3 Å². The van der Waals surface area contributed by atoms with Gasteiger partial charge in [-0.25, -0.2) is 12.7 Å². The number of para-hydroxylation sites is 1. The summed E-state index contributed by atoms with van der Waals surface area (Å²) in [7, 11) is 0.849. The van der Waals surface area contributed by atoms with Gasteiger partial charge in [0, 0.05) is 24.3 Å². The van der Waals surface area contributed by atoms with Crippen LogP contribution in [0.5, 0.6) is 23.0 Å². The van der Waals surface area contributed by atoms with E-state index >= 15 is 0 Å². The third kappa shape index (κ3) is 6.10. The minimum absolute atomic E-state index is 0.0113. The number of ether oxygens (including phenoxy) is 4. The molecule has 1 atom stereocenters. The predicted molar refractivity (Wildman–Crippen MR) is 148 cm³/mol. The van der Waals surface area contributed by atoms with E-state index in [0.29, 0.717) is 0 Å². The number of carbonyl (C=O) groups excluding carboxylic acids is 2. The number of hydrogen-bond donors (Lipinski definition) is 1. The first-order valence-electron chi connectivity index (χ1n) is 11.5. The number of nitrogens with zero attached hydrogens (tertiary/aromatic N) is 3. The maximum absolute atomic E-state index is 14.4. The lowest BCUT2D eigenvalue weighted by molar-refractivity contribution is -0.127. The van der Waals surface area contributed by atoms with E-state index in [9.17, 15) is 18.0 Å². The van der Waals surface area contributed by atoms with Crippen LogP contribution < -0.4 is 29.0 Å². The number of primary amides is 1. The lowest BCUT2D eigenvalue weighted by atomic mass is 10.2. The average molecular weight is 591 g/mol. The van der Waals surface area contributed by atoms with Gasteiger partial charge in [0.05, 0.1) is 39.1 Å². The van der Waals surface area contributed by atoms with Crippen LogP contribution in [0, 0.1) is 0 Å². The number of azo groups is 1. The van der Waals surface area contributed by atoms with Crippen molar-refractivity contribution >= 4 is 50.4 Å². The Labute approximate surface area is 236 Å². The van der Waals surface area contributed by atoms with Crippen LogP contribution in [-0.4, -0.2) is 54.6 Å². The molecule has 0 saturated heterocycles. The molecule has 0 saturated carbocycles. The summed E-state index contributed by atoms with van der Waals surface area (Å²) in [5.74, 6) is -1.42. The highest BCUT2D eigenvalue weighted by Crippen LogP contribution is 2.46. The Bertz CT molecular complexity index is 1530. The van der Waals surface area contributed by atoms with Gasteiger partial charge in [0.2, 0.25) is 6.04 Å². The third-order valence-corrected chi connectivity index (χ3v) is 7.64. The van der Waals surface area contributed by atoms with E-state index in [-0.39, 0.29) is 50.0 Å². The van der Waals surface area contributed by atoms with Crippen molar-refractivity contribution in [2.24, 2.45) is 16.0 Å². The lowest BCUT2D eigenvalue weighted by Gasteiger charge is -2.27. The number of nitrogens with two attached hydrogens (primary N) is 1. The Morgan fingerprint density at radius 3 is 2.00 bits per heavy atom. The van der Waals surface area contributed by atoms with Crippen LogP contribution in [0.1, 0.15) is 6.92 Å². The second-order valence-electron chi connectivity index (χ2n) is 8.07. The largest absolute Gasteiger partial charge is 0.495 e. The summed E-state index contributed by atoms with van der Waals surface area (Å²) in [4.78, 5) is 23.0. The van der Waals surface area contributed by atoms with Crippen molar-refractivity contribution in [1.82, 2.24) is 0 Å². The SMILES string of the molecule is COc1cc(N(c2ccccc2)S(=O)(=O)c2cc(OC)c(N=NC(C(C)=O)C(N)=O)cc2OC)c(OC)cc1Cl. The molecule has 12 nitrogen and oxygen atoms in total. The summed E-state index contributed by atoms with van der Waals surface area (Å²) in [5.41, 5.74) is 5.58. The van der Waals surface area contributed by atoms with E-state index < -0.39 is 27.8 Å². The zero-order valence-corrected chi connectivity index (χ0v) is 23.8. The van der Waals surface area contributed by atoms with Crippen molar-refractivity contribution in [1.29, 1.82) is 0 Å². The Balaban J connectivity index is 2.30. The van der Waals surface area contributed by atoms with Gasteiger partial charge in [-0.05, 0) is 19.1 Å². The Hall–Kier alpha value is -4.36. The molecule has 0 radical (unpaired) electrons. The number of sulfonamides is 1. The molecule has 0 aliphatic carbocycles. The van der Waals surface area contributed by atoms with Crippen LogP contribution in [-0.2, 0) is 19.6 Å². The number of methoxy groups -OCH3 is 4. The van der Waals surface area contributed by atoms with Crippen molar-refractivity contribution in [3.63, 3.8) is 0 Å². The van der Waals surface area contributed by atoms with Crippen molar-refractivity contribution < 1.29 is 37.0 Å². The van der Waals surface area contributed by atoms with E-state index in [2.05, 4.69) is 10.2 Å². The monoisotopic (exact) mass is 590 g/mol. The van der Waals surface area contributed by atoms with E-state index in [0.717, 1.165) is 11.2 Å². The van der Waals surface area contributed by atoms with Gasteiger partial charge in [0.1, 0.15) is 39.3 Å². The van der Waals surface area contributed by atoms with Gasteiger partial charge < -0.3 is 24.7 Å². The van der Waals surface area contributed by atoms with Gasteiger partial charge in [-0.3, -0.25) is 9.59 Å². The van der Waals surface area contributed by atoms with Crippen LogP contribution in [0.3, 0.4) is 0 Å². The molecule has 0 heterocycles. The Kier molecular flexibility index (Phi) is 9.56. The van der Waals surface area contributed by atoms with Crippen molar-refractivity contribution in [3.8, 4) is 23.0 Å². The van der Waals surface area contributed by atoms with Gasteiger partial charge in [-0.1, -0.05) is 29.8 Å². The highest BCUT2D eigenvalue weighted by molar-refractivity contribution is 7.93. The molecule has 0 aliphatic heterocycles. The van der Waals surface area contributed by atoms with Gasteiger partial charge in [-0.2, -0.15) is 10.2 Å². The fraction of sp³-hybridized carbons (Fsp3) is 0.231. The van der Waals surface area contributed by atoms with Crippen LogP contribution in [0.2, 0.25) is 5.02 Å². The van der Waals surface area contributed by atoms with Crippen LogP contribution in [0.4, 0.5) is 17.1 Å². The van der Waals surface area contributed by atoms with Gasteiger partial charge in [0.15, 0.2) is 5.78 Å². The van der Waals surface area contributed by atoms with Gasteiger partial charge >= 0.3 is 0 Å². The zero-order chi connectivity index (χ0) is 29.6. The minimum Gasteiger partial charge on any atom is -0.495 e. The predicted octanol–water partition coefficient (Wildman–Crippen LogP) is 4.43. The standard InChI is InChI=1S/C26H27ClN4O8S/c1-15(32)25(26(28)33)30-29-18-12-23(39-5)24(14-21(18)37-3)40(34,35)31(16-9-7-6-8-10-16)19-13-20(36-2)17(27)11-22(19)38-4/h6-14,25H,1-5H3,(H2,28,33). The Morgan fingerprint density at radius 2 is 1.48 bits per heavy atom. The number of amides is 1. The molecule has 2 N–H and O–H groups in total. The summed E-state index contributed by atoms with van der Waals surface area (Å²) in [6.45, 7) is 1.14. The molecular weight excluding hydrogens is 564 g/mol. The van der Waals surface area contributed by atoms with E-state index in [4.69, 9.17) is 36.3 Å². The number of rotatable bonds is 12. The number of halogens is 1. The molecule has 1 amide bonds. The second-order valence-corrected chi connectivity index (χ2v) is 10.2. The molecule has 0 aliphatic rings. The summed E-state index contributed by atoms with van der Waals surface area (Å²) >= 11 is 6.28. The first-order chi connectivity index (χ1) is 19.0. The number of anilines is 2. The molecule has 3 aromatic rings. The second kappa shape index (κ2) is 12.7. The van der Waals surface area contributed by atoms with Crippen LogP contribution in [0.15, 0.2) is 69.7 Å². The zero-order valence-electron chi connectivity index (χ0n) is 22.2. The highest BCUT2D eigenvalue weighted by atomic mass is 35.5. The molecule has 14 heteroatoms. The topological polar surface area (TPSA) is 159 Å². The first-order valence-corrected chi connectivity index (χ1v) is 13.3.